The zero-order chi connectivity index (χ0) is 17.7. The Morgan fingerprint density at radius 1 is 1.21 bits per heavy atom. The molecule has 2 aromatic rings. The third-order valence-corrected chi connectivity index (χ3v) is 4.05. The molecule has 0 unspecified atom stereocenters. The van der Waals surface area contributed by atoms with Crippen molar-refractivity contribution < 1.29 is 4.74 Å². The summed E-state index contributed by atoms with van der Waals surface area (Å²) >= 11 is 0. The SMILES string of the molecule is COCc1cccc(CNCc2c(C(C)C)nn(C)c2N(C)C)c1. The van der Waals surface area contributed by atoms with E-state index in [1.54, 1.807) is 7.11 Å². The Morgan fingerprint density at radius 2 is 1.92 bits per heavy atom. The van der Waals surface area contributed by atoms with Crippen LogP contribution in [0.4, 0.5) is 5.82 Å². The van der Waals surface area contributed by atoms with E-state index in [-0.39, 0.29) is 0 Å². The van der Waals surface area contributed by atoms with Gasteiger partial charge in [-0.05, 0) is 17.0 Å². The lowest BCUT2D eigenvalue weighted by Gasteiger charge is -2.16. The molecule has 0 atom stereocenters. The number of hydrogen-bond donors (Lipinski definition) is 1. The van der Waals surface area contributed by atoms with Gasteiger partial charge >= 0.3 is 0 Å². The average Bonchev–Trinajstić information content (AvgIpc) is 2.85. The van der Waals surface area contributed by atoms with Crippen molar-refractivity contribution in [3.8, 4) is 0 Å². The molecular formula is C19H30N4O. The van der Waals surface area contributed by atoms with Crippen LogP contribution in [0.15, 0.2) is 24.3 Å². The molecule has 0 amide bonds. The molecule has 0 aliphatic carbocycles. The summed E-state index contributed by atoms with van der Waals surface area (Å²) in [5.74, 6) is 1.58. The van der Waals surface area contributed by atoms with Crippen LogP contribution in [0.3, 0.4) is 0 Å². The van der Waals surface area contributed by atoms with Gasteiger partial charge in [0, 0.05) is 46.9 Å². The monoisotopic (exact) mass is 330 g/mol. The van der Waals surface area contributed by atoms with Crippen LogP contribution in [0.2, 0.25) is 0 Å². The second-order valence-electron chi connectivity index (χ2n) is 6.72. The largest absolute Gasteiger partial charge is 0.380 e. The number of nitrogens with one attached hydrogen (secondary N) is 1. The summed E-state index contributed by atoms with van der Waals surface area (Å²) in [5.41, 5.74) is 4.92. The number of aryl methyl sites for hydroxylation is 1. The molecule has 0 fully saturated rings. The second-order valence-corrected chi connectivity index (χ2v) is 6.72. The quantitative estimate of drug-likeness (QED) is 0.808. The Kier molecular flexibility index (Phi) is 6.40. The molecule has 2 rings (SSSR count). The van der Waals surface area contributed by atoms with Crippen LogP contribution in [0.25, 0.3) is 0 Å². The highest BCUT2D eigenvalue weighted by Crippen LogP contribution is 2.27. The van der Waals surface area contributed by atoms with Crippen LogP contribution in [-0.4, -0.2) is 31.0 Å². The molecule has 1 heterocycles. The molecule has 1 aromatic heterocycles. The number of nitrogens with zero attached hydrogens (tertiary/aromatic N) is 3. The molecule has 5 nitrogen and oxygen atoms in total. The maximum atomic E-state index is 5.21. The minimum absolute atomic E-state index is 0.409. The van der Waals surface area contributed by atoms with Gasteiger partial charge in [0.15, 0.2) is 0 Å². The molecule has 132 valence electrons. The van der Waals surface area contributed by atoms with Crippen LogP contribution in [-0.2, 0) is 31.5 Å². The Hall–Kier alpha value is -1.85. The zero-order valence-electron chi connectivity index (χ0n) is 15.8. The number of hydrogen-bond acceptors (Lipinski definition) is 4. The fraction of sp³-hybridized carbons (Fsp3) is 0.526. The van der Waals surface area contributed by atoms with E-state index < -0.39 is 0 Å². The first-order chi connectivity index (χ1) is 11.4. The van der Waals surface area contributed by atoms with Gasteiger partial charge in [0.2, 0.25) is 0 Å². The van der Waals surface area contributed by atoms with E-state index in [2.05, 4.69) is 62.4 Å². The Bertz CT molecular complexity index is 661. The fourth-order valence-corrected chi connectivity index (χ4v) is 3.10. The van der Waals surface area contributed by atoms with Gasteiger partial charge in [-0.2, -0.15) is 5.10 Å². The van der Waals surface area contributed by atoms with Crippen molar-refractivity contribution >= 4 is 5.82 Å². The summed E-state index contributed by atoms with van der Waals surface area (Å²) in [6.45, 7) is 6.68. The lowest BCUT2D eigenvalue weighted by Crippen LogP contribution is -2.19. The summed E-state index contributed by atoms with van der Waals surface area (Å²) in [4.78, 5) is 2.13. The minimum atomic E-state index is 0.409. The van der Waals surface area contributed by atoms with E-state index in [4.69, 9.17) is 9.84 Å². The number of anilines is 1. The molecule has 5 heteroatoms. The van der Waals surface area contributed by atoms with Gasteiger partial charge in [-0.15, -0.1) is 0 Å². The van der Waals surface area contributed by atoms with Crippen LogP contribution >= 0.6 is 0 Å². The highest BCUT2D eigenvalue weighted by atomic mass is 16.5. The van der Waals surface area contributed by atoms with Crippen molar-refractivity contribution in [1.82, 2.24) is 15.1 Å². The van der Waals surface area contributed by atoms with E-state index in [9.17, 15) is 0 Å². The van der Waals surface area contributed by atoms with Gasteiger partial charge < -0.3 is 15.0 Å². The smallest absolute Gasteiger partial charge is 0.130 e. The van der Waals surface area contributed by atoms with E-state index >= 15 is 0 Å². The van der Waals surface area contributed by atoms with Crippen molar-refractivity contribution in [1.29, 1.82) is 0 Å². The fourth-order valence-electron chi connectivity index (χ4n) is 3.10. The summed E-state index contributed by atoms with van der Waals surface area (Å²) in [5, 5.41) is 8.28. The number of benzene rings is 1. The first-order valence-corrected chi connectivity index (χ1v) is 8.44. The number of methoxy groups -OCH3 is 1. The third kappa shape index (κ3) is 4.36. The Labute approximate surface area is 145 Å². The molecule has 0 aliphatic heterocycles. The Morgan fingerprint density at radius 3 is 2.54 bits per heavy atom. The van der Waals surface area contributed by atoms with Crippen LogP contribution in [0.1, 0.15) is 42.1 Å². The van der Waals surface area contributed by atoms with Gasteiger partial charge in [0.25, 0.3) is 0 Å². The lowest BCUT2D eigenvalue weighted by molar-refractivity contribution is 0.185. The number of rotatable bonds is 8. The standard InChI is InChI=1S/C19H30N4O/c1-14(2)18-17(19(22(3)4)23(5)21-18)12-20-11-15-8-7-9-16(10-15)13-24-6/h7-10,14,20H,11-13H2,1-6H3. The zero-order valence-corrected chi connectivity index (χ0v) is 15.8. The van der Waals surface area contributed by atoms with E-state index in [1.165, 1.54) is 28.2 Å². The molecule has 1 N–H and O–H groups in total. The second kappa shape index (κ2) is 8.31. The highest BCUT2D eigenvalue weighted by molar-refractivity contribution is 5.50. The normalized spacial score (nSPS) is 11.3. The number of aromatic nitrogens is 2. The van der Waals surface area contributed by atoms with Crippen LogP contribution < -0.4 is 10.2 Å². The van der Waals surface area contributed by atoms with Crippen molar-refractivity contribution in [2.75, 3.05) is 26.1 Å². The molecule has 0 spiro atoms. The highest BCUT2D eigenvalue weighted by Gasteiger charge is 2.19. The van der Waals surface area contributed by atoms with Crippen LogP contribution in [0, 0.1) is 0 Å². The van der Waals surface area contributed by atoms with Gasteiger partial charge in [-0.3, -0.25) is 4.68 Å². The van der Waals surface area contributed by atoms with Crippen molar-refractivity contribution in [2.24, 2.45) is 7.05 Å². The van der Waals surface area contributed by atoms with E-state index in [0.717, 1.165) is 13.1 Å². The molecule has 0 radical (unpaired) electrons. The molecule has 0 saturated heterocycles. The first-order valence-electron chi connectivity index (χ1n) is 8.44. The third-order valence-electron chi connectivity index (χ3n) is 4.05. The predicted molar refractivity (Wildman–Crippen MR) is 99.3 cm³/mol. The molecule has 0 saturated carbocycles. The van der Waals surface area contributed by atoms with E-state index in [0.29, 0.717) is 12.5 Å². The van der Waals surface area contributed by atoms with E-state index in [1.807, 2.05) is 11.7 Å². The first kappa shape index (κ1) is 18.5. The summed E-state index contributed by atoms with van der Waals surface area (Å²) in [6, 6.07) is 8.51. The van der Waals surface area contributed by atoms with Crippen molar-refractivity contribution in [2.45, 2.75) is 39.5 Å². The van der Waals surface area contributed by atoms with Gasteiger partial charge in [0.05, 0.1) is 12.3 Å². The average molecular weight is 330 g/mol. The maximum absolute atomic E-state index is 5.21. The molecular weight excluding hydrogens is 300 g/mol. The topological polar surface area (TPSA) is 42.3 Å². The Balaban J connectivity index is 2.10. The minimum Gasteiger partial charge on any atom is -0.380 e. The predicted octanol–water partition coefficient (Wildman–Crippen LogP) is 3.05. The summed E-state index contributed by atoms with van der Waals surface area (Å²) in [6.07, 6.45) is 0. The van der Waals surface area contributed by atoms with Gasteiger partial charge in [0.1, 0.15) is 5.82 Å². The molecule has 1 aromatic carbocycles. The summed E-state index contributed by atoms with van der Waals surface area (Å²) < 4.78 is 7.18. The lowest BCUT2D eigenvalue weighted by atomic mass is 10.1. The van der Waals surface area contributed by atoms with Gasteiger partial charge in [-0.1, -0.05) is 38.1 Å². The molecule has 0 bridgehead atoms. The van der Waals surface area contributed by atoms with Gasteiger partial charge in [-0.25, -0.2) is 0 Å². The molecule has 24 heavy (non-hydrogen) atoms. The van der Waals surface area contributed by atoms with Crippen molar-refractivity contribution in [3.63, 3.8) is 0 Å². The maximum Gasteiger partial charge on any atom is 0.130 e. The number of ether oxygens (including phenoxy) is 1. The van der Waals surface area contributed by atoms with Crippen molar-refractivity contribution in [3.05, 3.63) is 46.6 Å². The summed E-state index contributed by atoms with van der Waals surface area (Å²) in [7, 11) is 7.88. The molecule has 0 aliphatic rings. The van der Waals surface area contributed by atoms with Crippen LogP contribution in [0.5, 0.6) is 0 Å².